The molecule has 2 rings (SSSR count). The number of carbonyl (C=O) groups is 2. The van der Waals surface area contributed by atoms with E-state index in [2.05, 4.69) is 0 Å². The van der Waals surface area contributed by atoms with E-state index in [1.807, 2.05) is 0 Å². The molecular weight excluding hydrogens is 326 g/mol. The minimum Gasteiger partial charge on any atom is -0.506 e. The number of nitrogens with one attached hydrogen (secondary N) is 1. The molecule has 4 N–H and O–H groups in total. The van der Waals surface area contributed by atoms with E-state index in [4.69, 9.17) is 25.2 Å². The van der Waals surface area contributed by atoms with Gasteiger partial charge in [0.15, 0.2) is 0 Å². The van der Waals surface area contributed by atoms with Gasteiger partial charge in [-0.15, -0.1) is 0 Å². The van der Waals surface area contributed by atoms with Crippen molar-refractivity contribution < 1.29 is 29.6 Å². The predicted octanol–water partition coefficient (Wildman–Crippen LogP) is 3.49. The van der Waals surface area contributed by atoms with Gasteiger partial charge in [0.2, 0.25) is 0 Å². The quantitative estimate of drug-likeness (QED) is 0.279. The number of benzene rings is 1. The first-order valence-corrected chi connectivity index (χ1v) is 7.97. The first kappa shape index (κ1) is 20.2. The van der Waals surface area contributed by atoms with Crippen LogP contribution >= 0.6 is 0 Å². The van der Waals surface area contributed by atoms with Gasteiger partial charge in [-0.05, 0) is 56.9 Å². The SMILES string of the molecule is CC(=N)/C(C(=O)O)=C(\O)c1ccc(OC2CCCCC2)cc1.O=CO. The lowest BCUT2D eigenvalue weighted by Gasteiger charge is -2.23. The van der Waals surface area contributed by atoms with E-state index in [1.54, 1.807) is 24.3 Å². The first-order valence-electron chi connectivity index (χ1n) is 7.97. The summed E-state index contributed by atoms with van der Waals surface area (Å²) >= 11 is 0. The van der Waals surface area contributed by atoms with Gasteiger partial charge in [-0.1, -0.05) is 6.42 Å². The van der Waals surface area contributed by atoms with Crippen LogP contribution in [0.5, 0.6) is 5.75 Å². The van der Waals surface area contributed by atoms with Gasteiger partial charge in [-0.2, -0.15) is 0 Å². The Balaban J connectivity index is 0.000000970. The average Bonchev–Trinajstić information content (AvgIpc) is 2.56. The van der Waals surface area contributed by atoms with E-state index < -0.39 is 11.7 Å². The third-order valence-electron chi connectivity index (χ3n) is 3.81. The number of aliphatic hydroxyl groups excluding tert-OH is 1. The number of aliphatic carboxylic acids is 1. The number of ether oxygens (including phenoxy) is 1. The van der Waals surface area contributed by atoms with Crippen LogP contribution in [0.1, 0.15) is 44.6 Å². The number of rotatable bonds is 5. The summed E-state index contributed by atoms with van der Waals surface area (Å²) in [7, 11) is 0. The second kappa shape index (κ2) is 10.1. The van der Waals surface area contributed by atoms with Gasteiger partial charge in [0.05, 0.1) is 6.10 Å². The van der Waals surface area contributed by atoms with Gasteiger partial charge in [0.25, 0.3) is 6.47 Å². The summed E-state index contributed by atoms with van der Waals surface area (Å²) in [6.45, 7) is 1.08. The normalized spacial score (nSPS) is 15.2. The fourth-order valence-corrected chi connectivity index (χ4v) is 2.65. The van der Waals surface area contributed by atoms with E-state index >= 15 is 0 Å². The van der Waals surface area contributed by atoms with E-state index in [0.29, 0.717) is 11.3 Å². The van der Waals surface area contributed by atoms with E-state index in [1.165, 1.54) is 26.2 Å². The zero-order chi connectivity index (χ0) is 18.8. The van der Waals surface area contributed by atoms with Gasteiger partial charge in [0.1, 0.15) is 17.1 Å². The highest BCUT2D eigenvalue weighted by molar-refractivity contribution is 6.21. The highest BCUT2D eigenvalue weighted by Gasteiger charge is 2.18. The van der Waals surface area contributed by atoms with Crippen LogP contribution in [0.2, 0.25) is 0 Å². The fourth-order valence-electron chi connectivity index (χ4n) is 2.65. The summed E-state index contributed by atoms with van der Waals surface area (Å²) in [6, 6.07) is 6.66. The van der Waals surface area contributed by atoms with Crippen molar-refractivity contribution >= 4 is 23.9 Å². The Morgan fingerprint density at radius 2 is 1.68 bits per heavy atom. The molecule has 0 aliphatic heterocycles. The molecule has 0 amide bonds. The maximum absolute atomic E-state index is 11.1. The van der Waals surface area contributed by atoms with Crippen molar-refractivity contribution in [2.75, 3.05) is 0 Å². The minimum absolute atomic E-state index is 0.187. The smallest absolute Gasteiger partial charge is 0.341 e. The van der Waals surface area contributed by atoms with Crippen molar-refractivity contribution in [2.45, 2.75) is 45.1 Å². The molecule has 0 heterocycles. The monoisotopic (exact) mass is 349 g/mol. The summed E-state index contributed by atoms with van der Waals surface area (Å²) in [5.41, 5.74) is -0.214. The Labute approximate surface area is 146 Å². The van der Waals surface area contributed by atoms with Gasteiger partial charge in [-0.25, -0.2) is 4.79 Å². The summed E-state index contributed by atoms with van der Waals surface area (Å²) in [5.74, 6) is -0.997. The Hall–Kier alpha value is -2.83. The van der Waals surface area contributed by atoms with Crippen LogP contribution < -0.4 is 4.74 Å². The van der Waals surface area contributed by atoms with Crippen LogP contribution in [-0.2, 0) is 9.59 Å². The summed E-state index contributed by atoms with van der Waals surface area (Å²) in [4.78, 5) is 19.5. The maximum atomic E-state index is 11.1. The number of carboxylic acid groups (broad SMARTS) is 2. The van der Waals surface area contributed by atoms with Crippen molar-refractivity contribution in [3.8, 4) is 5.75 Å². The van der Waals surface area contributed by atoms with Crippen molar-refractivity contribution in [3.05, 3.63) is 35.4 Å². The molecule has 1 saturated carbocycles. The molecule has 0 bridgehead atoms. The zero-order valence-electron chi connectivity index (χ0n) is 14.1. The Morgan fingerprint density at radius 3 is 2.12 bits per heavy atom. The highest BCUT2D eigenvalue weighted by Crippen LogP contribution is 2.25. The largest absolute Gasteiger partial charge is 0.506 e. The third kappa shape index (κ3) is 6.29. The van der Waals surface area contributed by atoms with Crippen LogP contribution in [0, 0.1) is 5.41 Å². The van der Waals surface area contributed by atoms with Crippen molar-refractivity contribution in [3.63, 3.8) is 0 Å². The molecule has 0 atom stereocenters. The van der Waals surface area contributed by atoms with Crippen LogP contribution in [-0.4, -0.2) is 39.6 Å². The highest BCUT2D eigenvalue weighted by atomic mass is 16.5. The molecule has 1 fully saturated rings. The first-order chi connectivity index (χ1) is 11.9. The molecule has 0 saturated heterocycles. The number of hydrogen-bond donors (Lipinski definition) is 4. The van der Waals surface area contributed by atoms with Crippen molar-refractivity contribution in [1.82, 2.24) is 0 Å². The molecule has 0 radical (unpaired) electrons. The Bertz CT molecular complexity index is 613. The topological polar surface area (TPSA) is 128 Å². The van der Waals surface area contributed by atoms with E-state index in [-0.39, 0.29) is 23.9 Å². The molecule has 1 aliphatic rings. The molecule has 0 unspecified atom stereocenters. The van der Waals surface area contributed by atoms with Gasteiger partial charge in [-0.3, -0.25) is 4.79 Å². The standard InChI is InChI=1S/C17H21NO4.CH2O2/c1-11(18)15(17(20)21)16(19)12-7-9-14(10-8-12)22-13-5-3-2-4-6-13;2-1-3/h7-10,13,18-19H,2-6H2,1H3,(H,20,21);1H,(H,2,3)/b16-15+,18-11?;. The molecule has 0 spiro atoms. The van der Waals surface area contributed by atoms with Gasteiger partial charge >= 0.3 is 5.97 Å². The fraction of sp³-hybridized carbons (Fsp3) is 0.389. The number of hydrogen-bond acceptors (Lipinski definition) is 5. The lowest BCUT2D eigenvalue weighted by molar-refractivity contribution is -0.132. The van der Waals surface area contributed by atoms with E-state index in [0.717, 1.165) is 12.8 Å². The maximum Gasteiger partial charge on any atom is 0.341 e. The molecule has 0 aromatic heterocycles. The lowest BCUT2D eigenvalue weighted by Crippen LogP contribution is -2.19. The summed E-state index contributed by atoms with van der Waals surface area (Å²) < 4.78 is 5.89. The van der Waals surface area contributed by atoms with Crippen LogP contribution in [0.15, 0.2) is 29.8 Å². The summed E-state index contributed by atoms with van der Waals surface area (Å²) in [5, 5.41) is 33.5. The van der Waals surface area contributed by atoms with Crippen LogP contribution in [0.25, 0.3) is 5.76 Å². The summed E-state index contributed by atoms with van der Waals surface area (Å²) in [6.07, 6.45) is 5.99. The molecule has 7 nitrogen and oxygen atoms in total. The van der Waals surface area contributed by atoms with Crippen LogP contribution in [0.3, 0.4) is 0 Å². The minimum atomic E-state index is -1.31. The number of carboxylic acids is 1. The zero-order valence-corrected chi connectivity index (χ0v) is 14.1. The van der Waals surface area contributed by atoms with E-state index in [9.17, 15) is 9.90 Å². The molecule has 7 heteroatoms. The number of aliphatic hydroxyl groups is 1. The Kier molecular flexibility index (Phi) is 8.18. The molecule has 1 aromatic rings. The van der Waals surface area contributed by atoms with Crippen molar-refractivity contribution in [1.29, 1.82) is 5.41 Å². The average molecular weight is 349 g/mol. The lowest BCUT2D eigenvalue weighted by atomic mass is 9.98. The molecule has 1 aliphatic carbocycles. The molecule has 25 heavy (non-hydrogen) atoms. The van der Waals surface area contributed by atoms with Crippen LogP contribution in [0.4, 0.5) is 0 Å². The second-order valence-corrected chi connectivity index (χ2v) is 5.66. The Morgan fingerprint density at radius 1 is 1.16 bits per heavy atom. The van der Waals surface area contributed by atoms with Gasteiger partial charge < -0.3 is 25.5 Å². The second-order valence-electron chi connectivity index (χ2n) is 5.66. The molecule has 136 valence electrons. The third-order valence-corrected chi connectivity index (χ3v) is 3.81. The van der Waals surface area contributed by atoms with Crippen molar-refractivity contribution in [2.24, 2.45) is 0 Å². The molecular formula is C18H23NO6. The van der Waals surface area contributed by atoms with Gasteiger partial charge in [0, 0.05) is 11.3 Å². The predicted molar refractivity (Wildman–Crippen MR) is 93.2 cm³/mol. The molecule has 1 aromatic carbocycles.